The van der Waals surface area contributed by atoms with Crippen LogP contribution in [-0.2, 0) is 4.79 Å². The van der Waals surface area contributed by atoms with E-state index in [0.717, 1.165) is 45.2 Å². The lowest BCUT2D eigenvalue weighted by molar-refractivity contribution is -0.137. The number of rotatable bonds is 14. The van der Waals surface area contributed by atoms with Crippen molar-refractivity contribution in [1.29, 1.82) is 0 Å². The number of alkyl halides is 1. The van der Waals surface area contributed by atoms with Crippen molar-refractivity contribution in [1.82, 2.24) is 4.90 Å². The molecule has 5 heteroatoms. The van der Waals surface area contributed by atoms with E-state index >= 15 is 0 Å². The quantitative estimate of drug-likeness (QED) is 0.228. The van der Waals surface area contributed by atoms with Gasteiger partial charge in [-0.05, 0) is 76.3 Å². The average Bonchev–Trinajstić information content (AvgIpc) is 2.97. The minimum absolute atomic E-state index is 0.144. The largest absolute Gasteiger partial charge is 0.481 e. The van der Waals surface area contributed by atoms with Gasteiger partial charge in [0.2, 0.25) is 0 Å². The lowest BCUT2D eigenvalue weighted by Gasteiger charge is -2.46. The van der Waals surface area contributed by atoms with Crippen LogP contribution < -0.4 is 0 Å². The van der Waals surface area contributed by atoms with E-state index in [1.54, 1.807) is 0 Å². The first kappa shape index (κ1) is 23.7. The first-order valence-corrected chi connectivity index (χ1v) is 11.8. The summed E-state index contributed by atoms with van der Waals surface area (Å²) in [5, 5.41) is 19.7. The van der Waals surface area contributed by atoms with E-state index < -0.39 is 5.97 Å². The van der Waals surface area contributed by atoms with Crippen molar-refractivity contribution in [3.05, 3.63) is 12.2 Å². The summed E-state index contributed by atoms with van der Waals surface area (Å²) in [5.41, 5.74) is 0.216. The minimum Gasteiger partial charge on any atom is -0.481 e. The fraction of sp³-hybridized carbons (Fsp3) is 0.870. The van der Waals surface area contributed by atoms with Gasteiger partial charge in [-0.15, -0.1) is 11.6 Å². The van der Waals surface area contributed by atoms with Crippen molar-refractivity contribution in [3.63, 3.8) is 0 Å². The second-order valence-corrected chi connectivity index (χ2v) is 9.44. The van der Waals surface area contributed by atoms with Crippen LogP contribution in [0.25, 0.3) is 0 Å². The van der Waals surface area contributed by atoms with Crippen LogP contribution in [0.5, 0.6) is 0 Å². The molecule has 1 heterocycles. The van der Waals surface area contributed by atoms with Crippen LogP contribution in [0.1, 0.15) is 90.4 Å². The van der Waals surface area contributed by atoms with Crippen LogP contribution in [0, 0.1) is 5.41 Å². The van der Waals surface area contributed by atoms with Crippen molar-refractivity contribution in [2.45, 2.75) is 108 Å². The smallest absolute Gasteiger partial charge is 0.303 e. The Morgan fingerprint density at radius 2 is 2.07 bits per heavy atom. The summed E-state index contributed by atoms with van der Waals surface area (Å²) in [5.74, 6) is -0.725. The molecule has 1 saturated carbocycles. The molecule has 2 N–H and O–H groups in total. The molecular formula is C23H40ClNO3. The Labute approximate surface area is 176 Å². The van der Waals surface area contributed by atoms with Gasteiger partial charge >= 0.3 is 5.97 Å². The molecule has 0 aromatic rings. The maximum absolute atomic E-state index is 10.8. The molecule has 1 aliphatic carbocycles. The van der Waals surface area contributed by atoms with Crippen LogP contribution in [-0.4, -0.2) is 51.7 Å². The van der Waals surface area contributed by atoms with Crippen LogP contribution in [0.2, 0.25) is 0 Å². The number of hydrogen-bond donors (Lipinski definition) is 2. The van der Waals surface area contributed by atoms with E-state index in [2.05, 4.69) is 24.0 Å². The van der Waals surface area contributed by atoms with Gasteiger partial charge in [0.1, 0.15) is 0 Å². The Morgan fingerprint density at radius 1 is 1.29 bits per heavy atom. The fourth-order valence-corrected chi connectivity index (χ4v) is 5.24. The summed E-state index contributed by atoms with van der Waals surface area (Å²) in [4.78, 5) is 13.0. The Kier molecular flexibility index (Phi) is 10.3. The lowest BCUT2D eigenvalue weighted by Crippen LogP contribution is -2.42. The highest BCUT2D eigenvalue weighted by atomic mass is 35.5. The van der Waals surface area contributed by atoms with Crippen molar-refractivity contribution in [3.8, 4) is 0 Å². The van der Waals surface area contributed by atoms with Gasteiger partial charge in [0.05, 0.1) is 11.5 Å². The van der Waals surface area contributed by atoms with Crippen LogP contribution in [0.4, 0.5) is 0 Å². The number of allylic oxidation sites excluding steroid dienone is 1. The third kappa shape index (κ3) is 7.03. The highest BCUT2D eigenvalue weighted by Crippen LogP contribution is 2.49. The second-order valence-electron chi connectivity index (χ2n) is 8.88. The Bertz CT molecular complexity index is 492. The molecule has 1 saturated heterocycles. The van der Waals surface area contributed by atoms with Crippen molar-refractivity contribution >= 4 is 17.6 Å². The number of aliphatic carboxylic acids is 1. The molecule has 28 heavy (non-hydrogen) atoms. The maximum atomic E-state index is 10.8. The number of hydrogen-bond acceptors (Lipinski definition) is 3. The van der Waals surface area contributed by atoms with Gasteiger partial charge in [-0.25, -0.2) is 0 Å². The highest BCUT2D eigenvalue weighted by Gasteiger charge is 2.42. The molecule has 162 valence electrons. The Balaban J connectivity index is 1.70. The third-order valence-corrected chi connectivity index (χ3v) is 7.40. The maximum Gasteiger partial charge on any atom is 0.303 e. The number of likely N-dealkylation sites (tertiary alicyclic amines) is 1. The summed E-state index contributed by atoms with van der Waals surface area (Å²) >= 11 is 6.55. The van der Waals surface area contributed by atoms with E-state index in [-0.39, 0.29) is 23.3 Å². The number of carbonyl (C=O) groups is 1. The first-order chi connectivity index (χ1) is 13.5. The van der Waals surface area contributed by atoms with Gasteiger partial charge in [0.15, 0.2) is 0 Å². The van der Waals surface area contributed by atoms with Gasteiger partial charge in [-0.2, -0.15) is 0 Å². The molecule has 3 atom stereocenters. The monoisotopic (exact) mass is 413 g/mol. The molecule has 0 bridgehead atoms. The molecule has 0 aromatic heterocycles. The molecule has 1 aliphatic heterocycles. The molecule has 0 radical (unpaired) electrons. The van der Waals surface area contributed by atoms with Crippen LogP contribution in [0.15, 0.2) is 12.2 Å². The number of unbranched alkanes of at least 4 members (excludes halogenated alkanes) is 2. The Hall–Kier alpha value is -0.580. The predicted octanol–water partition coefficient (Wildman–Crippen LogP) is 5.37. The van der Waals surface area contributed by atoms with Crippen molar-refractivity contribution < 1.29 is 15.0 Å². The molecule has 0 spiro atoms. The van der Waals surface area contributed by atoms with E-state index in [4.69, 9.17) is 16.7 Å². The zero-order valence-corrected chi connectivity index (χ0v) is 18.4. The number of aliphatic hydroxyl groups excluding tert-OH is 1. The van der Waals surface area contributed by atoms with Gasteiger partial charge in [-0.3, -0.25) is 9.69 Å². The van der Waals surface area contributed by atoms with Crippen molar-refractivity contribution in [2.24, 2.45) is 5.41 Å². The van der Waals surface area contributed by atoms with E-state index in [1.165, 1.54) is 38.5 Å². The van der Waals surface area contributed by atoms with Crippen LogP contribution in [0.3, 0.4) is 0 Å². The summed E-state index contributed by atoms with van der Waals surface area (Å²) in [6.07, 6.45) is 17.1. The molecule has 0 aromatic carbocycles. The lowest BCUT2D eigenvalue weighted by atomic mass is 9.61. The number of carboxylic acid groups (broad SMARTS) is 1. The summed E-state index contributed by atoms with van der Waals surface area (Å²) in [7, 11) is 0. The second kappa shape index (κ2) is 12.2. The highest BCUT2D eigenvalue weighted by molar-refractivity contribution is 6.21. The zero-order chi connectivity index (χ0) is 20.4. The zero-order valence-electron chi connectivity index (χ0n) is 17.6. The predicted molar refractivity (Wildman–Crippen MR) is 116 cm³/mol. The first-order valence-electron chi connectivity index (χ1n) is 11.4. The van der Waals surface area contributed by atoms with E-state index in [9.17, 15) is 9.90 Å². The van der Waals surface area contributed by atoms with Crippen LogP contribution >= 0.6 is 11.6 Å². The normalized spacial score (nSPS) is 25.8. The SMILES string of the molecule is CCCCC1([C@H](O)CCCN2CC[C@@H](Cl)[C@@H]2CC=CCCCC(=O)O)CCC1. The van der Waals surface area contributed by atoms with Gasteiger partial charge in [0.25, 0.3) is 0 Å². The Morgan fingerprint density at radius 3 is 2.71 bits per heavy atom. The molecule has 0 amide bonds. The topological polar surface area (TPSA) is 60.8 Å². The van der Waals surface area contributed by atoms with E-state index in [1.807, 2.05) is 0 Å². The van der Waals surface area contributed by atoms with Gasteiger partial charge in [0, 0.05) is 12.5 Å². The van der Waals surface area contributed by atoms with E-state index in [0.29, 0.717) is 12.5 Å². The molecular weight excluding hydrogens is 374 g/mol. The average molecular weight is 414 g/mol. The number of halogens is 1. The standard InChI is InChI=1S/C23H40ClNO3/c1-2-3-14-23(15-9-16-23)21(26)11-8-17-25-18-13-19(24)20(25)10-6-4-5-7-12-22(27)28/h4,6,19-21,26H,2-3,5,7-18H2,1H3,(H,27,28)/t19-,20+,21-/m1/s1. The van der Waals surface area contributed by atoms with Crippen molar-refractivity contribution in [2.75, 3.05) is 13.1 Å². The third-order valence-electron chi connectivity index (χ3n) is 6.89. The molecule has 0 unspecified atom stereocenters. The molecule has 4 nitrogen and oxygen atoms in total. The summed E-state index contributed by atoms with van der Waals surface area (Å²) in [6.45, 7) is 4.29. The van der Waals surface area contributed by atoms with Gasteiger partial charge in [-0.1, -0.05) is 38.3 Å². The number of carboxylic acids is 1. The fourth-order valence-electron chi connectivity index (χ4n) is 4.88. The number of nitrogens with zero attached hydrogens (tertiary/aromatic N) is 1. The van der Waals surface area contributed by atoms with Gasteiger partial charge < -0.3 is 10.2 Å². The number of aliphatic hydroxyl groups is 1. The minimum atomic E-state index is -0.725. The summed E-state index contributed by atoms with van der Waals surface area (Å²) in [6, 6.07) is 0.368. The molecule has 2 rings (SSSR count). The molecule has 2 aliphatic rings. The molecule has 2 fully saturated rings. The summed E-state index contributed by atoms with van der Waals surface area (Å²) < 4.78 is 0.